The summed E-state index contributed by atoms with van der Waals surface area (Å²) >= 11 is 1.27. The fourth-order valence-electron chi connectivity index (χ4n) is 2.87. The number of nitrogens with zero attached hydrogens (tertiary/aromatic N) is 3. The van der Waals surface area contributed by atoms with Gasteiger partial charge in [-0.3, -0.25) is 4.79 Å². The summed E-state index contributed by atoms with van der Waals surface area (Å²) in [5.41, 5.74) is 0.739. The van der Waals surface area contributed by atoms with Gasteiger partial charge in [0.15, 0.2) is 5.12 Å². The number of carbonyl (C=O) groups is 2. The maximum Gasteiger partial charge on any atom is 0.410 e. The Hall–Kier alpha value is -1.80. The van der Waals surface area contributed by atoms with E-state index in [-0.39, 0.29) is 35.7 Å². The molecular formula is C16H23N3O4S. The van der Waals surface area contributed by atoms with Gasteiger partial charge in [0.25, 0.3) is 0 Å². The van der Waals surface area contributed by atoms with Crippen molar-refractivity contribution in [2.45, 2.75) is 44.2 Å². The number of amides is 1. The minimum absolute atomic E-state index is 0.00638. The van der Waals surface area contributed by atoms with E-state index in [1.807, 2.05) is 4.57 Å². The van der Waals surface area contributed by atoms with Crippen molar-refractivity contribution < 1.29 is 19.4 Å². The first-order valence-electron chi connectivity index (χ1n) is 7.86. The molecule has 1 aliphatic heterocycles. The van der Waals surface area contributed by atoms with Crippen LogP contribution in [0.2, 0.25) is 0 Å². The molecule has 1 saturated heterocycles. The first kappa shape index (κ1) is 18.5. The normalized spacial score (nSPS) is 20.2. The summed E-state index contributed by atoms with van der Waals surface area (Å²) in [7, 11) is 0. The molecule has 8 heteroatoms. The number of aliphatic hydroxyl groups excluding tert-OH is 1. The molecule has 2 rings (SSSR count). The lowest BCUT2D eigenvalue weighted by molar-refractivity contribution is -0.109. The lowest BCUT2D eigenvalue weighted by atomic mass is 10.1. The molecule has 1 N–H and O–H groups in total. The topological polar surface area (TPSA) is 84.7 Å². The molecule has 0 bridgehead atoms. The van der Waals surface area contributed by atoms with Gasteiger partial charge in [-0.2, -0.15) is 0 Å². The van der Waals surface area contributed by atoms with Gasteiger partial charge >= 0.3 is 6.09 Å². The summed E-state index contributed by atoms with van der Waals surface area (Å²) < 4.78 is 7.03. The summed E-state index contributed by atoms with van der Waals surface area (Å²) in [6, 6.07) is -0.00638. The second kappa shape index (κ2) is 8.89. The van der Waals surface area contributed by atoms with Crippen LogP contribution in [0.3, 0.4) is 0 Å². The Labute approximate surface area is 145 Å². The predicted octanol–water partition coefficient (Wildman–Crippen LogP) is 1.81. The van der Waals surface area contributed by atoms with Crippen molar-refractivity contribution in [3.8, 4) is 0 Å². The fourth-order valence-corrected chi connectivity index (χ4v) is 3.90. The number of likely N-dealkylation sites (tertiary alicyclic amines) is 1. The highest BCUT2D eigenvalue weighted by Crippen LogP contribution is 2.30. The third kappa shape index (κ3) is 4.85. The van der Waals surface area contributed by atoms with Crippen LogP contribution in [0.1, 0.15) is 25.5 Å². The van der Waals surface area contributed by atoms with Crippen molar-refractivity contribution in [2.75, 3.05) is 13.2 Å². The van der Waals surface area contributed by atoms with Gasteiger partial charge in [0.1, 0.15) is 6.61 Å². The Morgan fingerprint density at radius 1 is 1.58 bits per heavy atom. The van der Waals surface area contributed by atoms with Crippen LogP contribution in [0.5, 0.6) is 0 Å². The van der Waals surface area contributed by atoms with Crippen LogP contribution in [0.25, 0.3) is 0 Å². The quantitative estimate of drug-likeness (QED) is 0.753. The zero-order valence-electron chi connectivity index (χ0n) is 13.8. The molecule has 0 unspecified atom stereocenters. The number of hydrogen-bond acceptors (Lipinski definition) is 6. The largest absolute Gasteiger partial charge is 0.445 e. The Bertz CT molecular complexity index is 590. The van der Waals surface area contributed by atoms with Crippen LogP contribution in [-0.2, 0) is 22.7 Å². The van der Waals surface area contributed by atoms with Crippen molar-refractivity contribution in [1.82, 2.24) is 14.5 Å². The van der Waals surface area contributed by atoms with E-state index in [0.717, 1.165) is 12.1 Å². The lowest BCUT2D eigenvalue weighted by Gasteiger charge is -2.24. The zero-order valence-corrected chi connectivity index (χ0v) is 14.6. The number of carbonyl (C=O) groups excluding carboxylic acids is 2. The molecule has 1 aliphatic rings. The van der Waals surface area contributed by atoms with E-state index in [4.69, 9.17) is 4.74 Å². The number of aryl methyl sites for hydroxylation is 1. The van der Waals surface area contributed by atoms with Gasteiger partial charge in [-0.05, 0) is 12.8 Å². The van der Waals surface area contributed by atoms with Crippen LogP contribution in [0.4, 0.5) is 4.79 Å². The summed E-state index contributed by atoms with van der Waals surface area (Å²) in [4.78, 5) is 29.3. The van der Waals surface area contributed by atoms with E-state index < -0.39 is 0 Å². The van der Waals surface area contributed by atoms with Crippen LogP contribution in [-0.4, -0.2) is 55.2 Å². The highest BCUT2D eigenvalue weighted by Gasteiger charge is 2.36. The van der Waals surface area contributed by atoms with Crippen molar-refractivity contribution in [1.29, 1.82) is 0 Å². The van der Waals surface area contributed by atoms with Gasteiger partial charge < -0.3 is 19.3 Å². The summed E-state index contributed by atoms with van der Waals surface area (Å²) in [5, 5.41) is 9.42. The van der Waals surface area contributed by atoms with Crippen LogP contribution >= 0.6 is 11.8 Å². The predicted molar refractivity (Wildman–Crippen MR) is 91.5 cm³/mol. The molecule has 24 heavy (non-hydrogen) atoms. The Morgan fingerprint density at radius 3 is 3.04 bits per heavy atom. The van der Waals surface area contributed by atoms with Gasteiger partial charge in [-0.1, -0.05) is 24.4 Å². The van der Waals surface area contributed by atoms with Crippen molar-refractivity contribution in [3.63, 3.8) is 0 Å². The molecule has 0 aromatic carbocycles. The molecule has 2 heterocycles. The van der Waals surface area contributed by atoms with E-state index >= 15 is 0 Å². The lowest BCUT2D eigenvalue weighted by Crippen LogP contribution is -2.37. The number of rotatable bonds is 7. The van der Waals surface area contributed by atoms with Gasteiger partial charge in [0.05, 0.1) is 24.8 Å². The van der Waals surface area contributed by atoms with Crippen LogP contribution < -0.4 is 0 Å². The summed E-state index contributed by atoms with van der Waals surface area (Å²) in [5.74, 6) is 0. The van der Waals surface area contributed by atoms with E-state index in [1.54, 1.807) is 17.4 Å². The first-order chi connectivity index (χ1) is 11.5. The standard InChI is InChI=1S/C16H23N3O4S/c1-3-6-23-16(22)19-9-15(24-12(2)21)7-13(19)4-5-18-11-17-8-14(18)10-20/h3,8,11,13,15,20H,1,4-7,9-10H2,2H3/t13-,15+/m1/s1. The first-order valence-corrected chi connectivity index (χ1v) is 8.74. The second-order valence-electron chi connectivity index (χ2n) is 5.66. The number of imidazole rings is 1. The average Bonchev–Trinajstić information content (AvgIpc) is 3.16. The SMILES string of the molecule is C=CCOC(=O)N1C[C@@H](SC(C)=O)C[C@H]1CCn1cncc1CO. The highest BCUT2D eigenvalue weighted by molar-refractivity contribution is 8.14. The molecular weight excluding hydrogens is 330 g/mol. The van der Waals surface area contributed by atoms with E-state index in [0.29, 0.717) is 19.5 Å². The number of aliphatic hydroxyl groups is 1. The molecule has 0 radical (unpaired) electrons. The second-order valence-corrected chi connectivity index (χ2v) is 7.14. The molecule has 0 spiro atoms. The fraction of sp³-hybridized carbons (Fsp3) is 0.562. The van der Waals surface area contributed by atoms with Gasteiger partial charge in [0.2, 0.25) is 0 Å². The number of aromatic nitrogens is 2. The van der Waals surface area contributed by atoms with E-state index in [1.165, 1.54) is 24.8 Å². The molecule has 0 aliphatic carbocycles. The molecule has 7 nitrogen and oxygen atoms in total. The van der Waals surface area contributed by atoms with E-state index in [2.05, 4.69) is 11.6 Å². The molecule has 0 saturated carbocycles. The zero-order chi connectivity index (χ0) is 17.5. The average molecular weight is 353 g/mol. The Morgan fingerprint density at radius 2 is 2.38 bits per heavy atom. The number of ether oxygens (including phenoxy) is 1. The van der Waals surface area contributed by atoms with Gasteiger partial charge in [-0.25, -0.2) is 9.78 Å². The van der Waals surface area contributed by atoms with Gasteiger partial charge in [0, 0.05) is 31.3 Å². The van der Waals surface area contributed by atoms with Crippen LogP contribution in [0.15, 0.2) is 25.2 Å². The van der Waals surface area contributed by atoms with E-state index in [9.17, 15) is 14.7 Å². The molecule has 1 aromatic rings. The summed E-state index contributed by atoms with van der Waals surface area (Å²) in [6.45, 7) is 6.32. The maximum atomic E-state index is 12.2. The van der Waals surface area contributed by atoms with Crippen molar-refractivity contribution in [3.05, 3.63) is 30.9 Å². The molecule has 1 amide bonds. The highest BCUT2D eigenvalue weighted by atomic mass is 32.2. The minimum Gasteiger partial charge on any atom is -0.445 e. The molecule has 1 fully saturated rings. The van der Waals surface area contributed by atoms with Crippen LogP contribution in [0, 0.1) is 0 Å². The molecule has 1 aromatic heterocycles. The molecule has 2 atom stereocenters. The number of thioether (sulfide) groups is 1. The third-order valence-corrected chi connectivity index (χ3v) is 4.94. The number of hydrogen-bond donors (Lipinski definition) is 1. The minimum atomic E-state index is -0.375. The summed E-state index contributed by atoms with van der Waals surface area (Å²) in [6.07, 6.45) is 5.91. The third-order valence-electron chi connectivity index (χ3n) is 3.93. The Balaban J connectivity index is 2.00. The smallest absolute Gasteiger partial charge is 0.410 e. The maximum absolute atomic E-state index is 12.2. The van der Waals surface area contributed by atoms with Gasteiger partial charge in [-0.15, -0.1) is 0 Å². The molecule has 132 valence electrons. The monoisotopic (exact) mass is 353 g/mol. The van der Waals surface area contributed by atoms with Crippen molar-refractivity contribution >= 4 is 23.0 Å². The Kier molecular flexibility index (Phi) is 6.86. The van der Waals surface area contributed by atoms with Crippen molar-refractivity contribution in [2.24, 2.45) is 0 Å².